The van der Waals surface area contributed by atoms with E-state index in [-0.39, 0.29) is 0 Å². The first-order valence-electron chi connectivity index (χ1n) is 8.52. The van der Waals surface area contributed by atoms with Crippen LogP contribution < -0.4 is 10.6 Å². The average Bonchev–Trinajstić information content (AvgIpc) is 2.90. The van der Waals surface area contributed by atoms with Gasteiger partial charge in [-0.3, -0.25) is 4.99 Å². The monoisotopic (exact) mass is 344 g/mol. The summed E-state index contributed by atoms with van der Waals surface area (Å²) in [5, 5.41) is 8.01. The molecule has 1 unspecified atom stereocenters. The quantitative estimate of drug-likeness (QED) is 0.597. The molecule has 24 heavy (non-hydrogen) atoms. The van der Waals surface area contributed by atoms with E-state index in [1.807, 2.05) is 7.05 Å². The molecule has 0 saturated carbocycles. The summed E-state index contributed by atoms with van der Waals surface area (Å²) in [4.78, 5) is 10.2. The zero-order valence-corrected chi connectivity index (χ0v) is 15.9. The molecule has 0 aliphatic carbocycles. The molecule has 0 amide bonds. The maximum atomic E-state index is 4.48. The highest BCUT2D eigenvalue weighted by molar-refractivity contribution is 7.11. The number of benzene rings is 1. The van der Waals surface area contributed by atoms with Gasteiger partial charge in [0.1, 0.15) is 0 Å². The Labute approximate surface area is 149 Å². The van der Waals surface area contributed by atoms with Gasteiger partial charge in [-0.1, -0.05) is 30.3 Å². The molecule has 0 bridgehead atoms. The van der Waals surface area contributed by atoms with E-state index in [0.717, 1.165) is 42.5 Å². The van der Waals surface area contributed by atoms with Crippen molar-refractivity contribution in [1.29, 1.82) is 0 Å². The highest BCUT2D eigenvalue weighted by Crippen LogP contribution is 2.17. The van der Waals surface area contributed by atoms with Crippen LogP contribution in [0, 0.1) is 13.8 Å². The van der Waals surface area contributed by atoms with Crippen molar-refractivity contribution in [1.82, 2.24) is 15.6 Å². The van der Waals surface area contributed by atoms with Gasteiger partial charge in [-0.25, -0.2) is 4.98 Å². The van der Waals surface area contributed by atoms with Gasteiger partial charge in [0.25, 0.3) is 0 Å². The Bertz CT molecular complexity index is 649. The van der Waals surface area contributed by atoms with Crippen molar-refractivity contribution < 1.29 is 0 Å². The van der Waals surface area contributed by atoms with Crippen molar-refractivity contribution in [3.63, 3.8) is 0 Å². The first-order chi connectivity index (χ1) is 11.6. The van der Waals surface area contributed by atoms with Crippen LogP contribution in [0.3, 0.4) is 0 Å². The van der Waals surface area contributed by atoms with Gasteiger partial charge in [-0.2, -0.15) is 0 Å². The van der Waals surface area contributed by atoms with Crippen LogP contribution in [0.5, 0.6) is 0 Å². The Morgan fingerprint density at radius 1 is 1.21 bits per heavy atom. The number of hydrogen-bond acceptors (Lipinski definition) is 3. The van der Waals surface area contributed by atoms with E-state index in [1.54, 1.807) is 11.3 Å². The number of nitrogens with zero attached hydrogens (tertiary/aromatic N) is 2. The summed E-state index contributed by atoms with van der Waals surface area (Å²) < 4.78 is 0. The van der Waals surface area contributed by atoms with Gasteiger partial charge in [0.2, 0.25) is 0 Å². The summed E-state index contributed by atoms with van der Waals surface area (Å²) >= 11 is 1.78. The molecule has 4 nitrogen and oxygen atoms in total. The molecule has 130 valence electrons. The Morgan fingerprint density at radius 3 is 2.58 bits per heavy atom. The van der Waals surface area contributed by atoms with Gasteiger partial charge < -0.3 is 10.6 Å². The summed E-state index contributed by atoms with van der Waals surface area (Å²) in [6.07, 6.45) is 3.14. The number of aromatic nitrogens is 1. The lowest BCUT2D eigenvalue weighted by Gasteiger charge is -2.18. The molecule has 0 radical (unpaired) electrons. The van der Waals surface area contributed by atoms with E-state index in [1.165, 1.54) is 10.4 Å². The fraction of sp³-hybridized carbons (Fsp3) is 0.474. The lowest BCUT2D eigenvalue weighted by atomic mass is 10.1. The predicted octanol–water partition coefficient (Wildman–Crippen LogP) is 3.49. The maximum Gasteiger partial charge on any atom is 0.191 e. The number of aryl methyl sites for hydroxylation is 3. The molecule has 0 aliphatic heterocycles. The summed E-state index contributed by atoms with van der Waals surface area (Å²) in [6, 6.07) is 11.0. The van der Waals surface area contributed by atoms with Gasteiger partial charge in [0.05, 0.1) is 10.7 Å². The lowest BCUT2D eigenvalue weighted by molar-refractivity contribution is 0.593. The van der Waals surface area contributed by atoms with Gasteiger partial charge in [-0.05, 0) is 39.2 Å². The maximum absolute atomic E-state index is 4.48. The zero-order chi connectivity index (χ0) is 17.4. The first kappa shape index (κ1) is 18.5. The number of rotatable bonds is 7. The SMILES string of the molecule is CN=C(NCCc1sc(C)nc1C)NC(C)CCc1ccccc1. The van der Waals surface area contributed by atoms with Crippen LogP contribution in [-0.4, -0.2) is 30.6 Å². The van der Waals surface area contributed by atoms with Crippen LogP contribution in [0.25, 0.3) is 0 Å². The van der Waals surface area contributed by atoms with Crippen molar-refractivity contribution in [2.24, 2.45) is 4.99 Å². The molecule has 5 heteroatoms. The van der Waals surface area contributed by atoms with E-state index in [0.29, 0.717) is 6.04 Å². The largest absolute Gasteiger partial charge is 0.356 e. The van der Waals surface area contributed by atoms with E-state index in [4.69, 9.17) is 0 Å². The Hall–Kier alpha value is -1.88. The van der Waals surface area contributed by atoms with Gasteiger partial charge >= 0.3 is 0 Å². The van der Waals surface area contributed by atoms with Crippen LogP contribution in [0.1, 0.15) is 34.5 Å². The third-order valence-electron chi connectivity index (χ3n) is 3.96. The number of hydrogen-bond donors (Lipinski definition) is 2. The molecule has 1 aromatic carbocycles. The third-order valence-corrected chi connectivity index (χ3v) is 5.09. The highest BCUT2D eigenvalue weighted by Gasteiger charge is 2.07. The second-order valence-electron chi connectivity index (χ2n) is 6.06. The number of guanidine groups is 1. The highest BCUT2D eigenvalue weighted by atomic mass is 32.1. The molecule has 2 rings (SSSR count). The molecule has 0 aliphatic rings. The third kappa shape index (κ3) is 5.96. The number of aliphatic imine (C=N–C) groups is 1. The number of thiazole rings is 1. The number of nitrogens with one attached hydrogen (secondary N) is 2. The average molecular weight is 345 g/mol. The van der Waals surface area contributed by atoms with Crippen LogP contribution in [0.4, 0.5) is 0 Å². The van der Waals surface area contributed by atoms with Crippen LogP contribution in [0.2, 0.25) is 0 Å². The van der Waals surface area contributed by atoms with E-state index >= 15 is 0 Å². The van der Waals surface area contributed by atoms with Crippen molar-refractivity contribution >= 4 is 17.3 Å². The Kier molecular flexibility index (Phi) is 7.25. The Balaban J connectivity index is 1.72. The molecule has 0 spiro atoms. The van der Waals surface area contributed by atoms with Gasteiger partial charge in [0.15, 0.2) is 5.96 Å². The fourth-order valence-corrected chi connectivity index (χ4v) is 3.56. The van der Waals surface area contributed by atoms with Crippen molar-refractivity contribution in [3.05, 3.63) is 51.5 Å². The standard InChI is InChI=1S/C19H28N4S/c1-14(10-11-17-8-6-5-7-9-17)22-19(20-4)21-13-12-18-15(2)23-16(3)24-18/h5-9,14H,10-13H2,1-4H3,(H2,20,21,22). The molecule has 1 atom stereocenters. The van der Waals surface area contributed by atoms with Crippen molar-refractivity contribution in [2.75, 3.05) is 13.6 Å². The van der Waals surface area contributed by atoms with E-state index in [2.05, 4.69) is 71.7 Å². The molecule has 0 fully saturated rings. The molecule has 1 heterocycles. The van der Waals surface area contributed by atoms with Gasteiger partial charge in [0, 0.05) is 30.9 Å². The van der Waals surface area contributed by atoms with E-state index in [9.17, 15) is 0 Å². The summed E-state index contributed by atoms with van der Waals surface area (Å²) in [7, 11) is 1.82. The zero-order valence-electron chi connectivity index (χ0n) is 15.1. The molecule has 2 aromatic rings. The summed E-state index contributed by atoms with van der Waals surface area (Å²) in [5.74, 6) is 0.870. The van der Waals surface area contributed by atoms with Crippen LogP contribution >= 0.6 is 11.3 Å². The minimum absolute atomic E-state index is 0.379. The topological polar surface area (TPSA) is 49.3 Å². The van der Waals surface area contributed by atoms with Gasteiger partial charge in [-0.15, -0.1) is 11.3 Å². The summed E-state index contributed by atoms with van der Waals surface area (Å²) in [5.41, 5.74) is 2.53. The Morgan fingerprint density at radius 2 is 1.96 bits per heavy atom. The normalized spacial score (nSPS) is 12.9. The smallest absolute Gasteiger partial charge is 0.191 e. The molecule has 0 saturated heterocycles. The molecule has 2 N–H and O–H groups in total. The second-order valence-corrected chi connectivity index (χ2v) is 7.35. The minimum Gasteiger partial charge on any atom is -0.356 e. The summed E-state index contributed by atoms with van der Waals surface area (Å²) in [6.45, 7) is 7.21. The molecule has 1 aromatic heterocycles. The van der Waals surface area contributed by atoms with Crippen molar-refractivity contribution in [3.8, 4) is 0 Å². The predicted molar refractivity (Wildman–Crippen MR) is 104 cm³/mol. The lowest BCUT2D eigenvalue weighted by Crippen LogP contribution is -2.43. The van der Waals surface area contributed by atoms with Crippen LogP contribution in [-0.2, 0) is 12.8 Å². The first-order valence-corrected chi connectivity index (χ1v) is 9.34. The van der Waals surface area contributed by atoms with Crippen LogP contribution in [0.15, 0.2) is 35.3 Å². The molecular formula is C19H28N4S. The second kappa shape index (κ2) is 9.42. The fourth-order valence-electron chi connectivity index (χ4n) is 2.63. The minimum atomic E-state index is 0.379. The van der Waals surface area contributed by atoms with Crippen molar-refractivity contribution in [2.45, 2.75) is 46.1 Å². The molecular weight excluding hydrogens is 316 g/mol. The van der Waals surface area contributed by atoms with E-state index < -0.39 is 0 Å².